The van der Waals surface area contributed by atoms with Crippen LogP contribution in [0, 0.1) is 0 Å². The molecule has 0 saturated carbocycles. The molecular formula is C11H24N2O4S. The largest absolute Gasteiger partial charge is 0.385 e. The second-order valence-corrected chi connectivity index (χ2v) is 7.22. The fourth-order valence-electron chi connectivity index (χ4n) is 1.37. The van der Waals surface area contributed by atoms with Gasteiger partial charge in [0.2, 0.25) is 15.9 Å². The molecule has 0 aromatic heterocycles. The van der Waals surface area contributed by atoms with Gasteiger partial charge in [-0.3, -0.25) is 4.79 Å². The second kappa shape index (κ2) is 7.06. The monoisotopic (exact) mass is 280 g/mol. The van der Waals surface area contributed by atoms with Crippen molar-refractivity contribution in [2.45, 2.75) is 32.7 Å². The third-order valence-corrected chi connectivity index (χ3v) is 3.31. The van der Waals surface area contributed by atoms with Crippen molar-refractivity contribution < 1.29 is 17.9 Å². The Morgan fingerprint density at radius 2 is 1.89 bits per heavy atom. The maximum atomic E-state index is 11.7. The molecule has 0 bridgehead atoms. The molecule has 0 radical (unpaired) electrons. The molecule has 0 aromatic rings. The zero-order chi connectivity index (χ0) is 14.4. The summed E-state index contributed by atoms with van der Waals surface area (Å²) in [5.41, 5.74) is -0.368. The summed E-state index contributed by atoms with van der Waals surface area (Å²) in [6.45, 7) is 6.14. The lowest BCUT2D eigenvalue weighted by Gasteiger charge is -2.24. The lowest BCUT2D eigenvalue weighted by atomic mass is 10.1. The number of hydrogen-bond acceptors (Lipinski definition) is 4. The molecule has 0 saturated heterocycles. The van der Waals surface area contributed by atoms with Crippen LogP contribution in [0.1, 0.15) is 27.2 Å². The van der Waals surface area contributed by atoms with Gasteiger partial charge in [0.15, 0.2) is 0 Å². The van der Waals surface area contributed by atoms with Gasteiger partial charge < -0.3 is 10.1 Å². The summed E-state index contributed by atoms with van der Waals surface area (Å²) in [5, 5.41) is 2.74. The Balaban J connectivity index is 4.47. The zero-order valence-electron chi connectivity index (χ0n) is 11.8. The average molecular weight is 280 g/mol. The molecular weight excluding hydrogens is 256 g/mol. The van der Waals surface area contributed by atoms with Gasteiger partial charge in [0.05, 0.1) is 12.8 Å². The highest BCUT2D eigenvalue weighted by Crippen LogP contribution is 2.02. The van der Waals surface area contributed by atoms with Crippen molar-refractivity contribution in [1.82, 2.24) is 9.62 Å². The number of amides is 1. The van der Waals surface area contributed by atoms with Gasteiger partial charge >= 0.3 is 0 Å². The molecule has 0 aliphatic carbocycles. The first-order valence-electron chi connectivity index (χ1n) is 5.81. The normalized spacial score (nSPS) is 12.8. The number of rotatable bonds is 7. The smallest absolute Gasteiger partial charge is 0.235 e. The van der Waals surface area contributed by atoms with Gasteiger partial charge in [-0.15, -0.1) is 0 Å². The minimum Gasteiger partial charge on any atom is -0.385 e. The van der Waals surface area contributed by atoms with Gasteiger partial charge in [0, 0.05) is 25.8 Å². The van der Waals surface area contributed by atoms with E-state index in [4.69, 9.17) is 4.74 Å². The van der Waals surface area contributed by atoms with Gasteiger partial charge in [-0.1, -0.05) is 0 Å². The molecule has 6 nitrogen and oxygen atoms in total. The molecule has 0 rings (SSSR count). The predicted octanol–water partition coefficient (Wildman–Crippen LogP) is 0.199. The average Bonchev–Trinajstić information content (AvgIpc) is 2.12. The first-order valence-corrected chi connectivity index (χ1v) is 7.66. The standard InChI is InChI=1S/C11H24N2O4S/c1-11(2,3)12-10(14)9-13(18(5,15)16)7-6-8-17-4/h6-9H2,1-5H3,(H,12,14). The summed E-state index contributed by atoms with van der Waals surface area (Å²) in [6, 6.07) is 0. The van der Waals surface area contributed by atoms with E-state index in [1.165, 1.54) is 0 Å². The first-order chi connectivity index (χ1) is 8.06. The highest BCUT2D eigenvalue weighted by Gasteiger charge is 2.22. The lowest BCUT2D eigenvalue weighted by molar-refractivity contribution is -0.122. The number of ether oxygens (including phenoxy) is 1. The van der Waals surface area contributed by atoms with Gasteiger partial charge in [-0.2, -0.15) is 4.31 Å². The van der Waals surface area contributed by atoms with Crippen LogP contribution in [0.15, 0.2) is 0 Å². The third-order valence-electron chi connectivity index (χ3n) is 2.06. The molecule has 0 aromatic carbocycles. The Morgan fingerprint density at radius 1 is 1.33 bits per heavy atom. The SMILES string of the molecule is COCCCN(CC(=O)NC(C)(C)C)S(C)(=O)=O. The molecule has 1 amide bonds. The van der Waals surface area contributed by atoms with Crippen LogP contribution in [0.25, 0.3) is 0 Å². The Bertz CT molecular complexity index is 360. The second-order valence-electron chi connectivity index (χ2n) is 5.24. The summed E-state index contributed by atoms with van der Waals surface area (Å²) in [5.74, 6) is -0.301. The van der Waals surface area contributed by atoms with Gasteiger partial charge in [0.1, 0.15) is 0 Å². The molecule has 0 spiro atoms. The van der Waals surface area contributed by atoms with Gasteiger partial charge in [-0.25, -0.2) is 8.42 Å². The fraction of sp³-hybridized carbons (Fsp3) is 0.909. The minimum absolute atomic E-state index is 0.153. The Hall–Kier alpha value is -0.660. The number of methoxy groups -OCH3 is 1. The maximum Gasteiger partial charge on any atom is 0.235 e. The van der Waals surface area contributed by atoms with Crippen LogP contribution in [0.2, 0.25) is 0 Å². The summed E-state index contributed by atoms with van der Waals surface area (Å²) in [6.07, 6.45) is 1.66. The Morgan fingerprint density at radius 3 is 2.28 bits per heavy atom. The molecule has 7 heteroatoms. The van der Waals surface area contributed by atoms with E-state index in [9.17, 15) is 13.2 Å². The molecule has 0 fully saturated rings. The van der Waals surface area contributed by atoms with Crippen LogP contribution in [0.4, 0.5) is 0 Å². The highest BCUT2D eigenvalue weighted by molar-refractivity contribution is 7.88. The number of carbonyl (C=O) groups is 1. The first kappa shape index (κ1) is 17.3. The number of hydrogen-bond donors (Lipinski definition) is 1. The van der Waals surface area contributed by atoms with Crippen molar-refractivity contribution in [3.05, 3.63) is 0 Å². The number of carbonyl (C=O) groups excluding carboxylic acids is 1. The van der Waals surface area contributed by atoms with Crippen LogP contribution in [0.5, 0.6) is 0 Å². The molecule has 1 N–H and O–H groups in total. The lowest BCUT2D eigenvalue weighted by Crippen LogP contribution is -2.47. The van der Waals surface area contributed by atoms with E-state index < -0.39 is 10.0 Å². The number of nitrogens with one attached hydrogen (secondary N) is 1. The third kappa shape index (κ3) is 8.43. The van der Waals surface area contributed by atoms with E-state index in [1.54, 1.807) is 7.11 Å². The topological polar surface area (TPSA) is 75.7 Å². The van der Waals surface area contributed by atoms with Crippen LogP contribution in [-0.2, 0) is 19.6 Å². The zero-order valence-corrected chi connectivity index (χ0v) is 12.6. The molecule has 18 heavy (non-hydrogen) atoms. The predicted molar refractivity (Wildman–Crippen MR) is 70.8 cm³/mol. The van der Waals surface area contributed by atoms with E-state index in [2.05, 4.69) is 5.32 Å². The molecule has 108 valence electrons. The van der Waals surface area contributed by atoms with Crippen LogP contribution in [0.3, 0.4) is 0 Å². The van der Waals surface area contributed by atoms with Crippen molar-refractivity contribution in [3.8, 4) is 0 Å². The van der Waals surface area contributed by atoms with Crippen molar-refractivity contribution in [1.29, 1.82) is 0 Å². The van der Waals surface area contributed by atoms with Crippen LogP contribution < -0.4 is 5.32 Å². The van der Waals surface area contributed by atoms with E-state index in [0.717, 1.165) is 10.6 Å². The molecule has 0 heterocycles. The summed E-state index contributed by atoms with van der Waals surface area (Å²) in [4.78, 5) is 11.7. The fourth-order valence-corrected chi connectivity index (χ4v) is 2.18. The van der Waals surface area contributed by atoms with E-state index >= 15 is 0 Å². The van der Waals surface area contributed by atoms with E-state index in [0.29, 0.717) is 13.0 Å². The van der Waals surface area contributed by atoms with E-state index in [1.807, 2.05) is 20.8 Å². The van der Waals surface area contributed by atoms with Crippen molar-refractivity contribution in [2.24, 2.45) is 0 Å². The Kier molecular flexibility index (Phi) is 6.80. The highest BCUT2D eigenvalue weighted by atomic mass is 32.2. The molecule has 0 unspecified atom stereocenters. The number of nitrogens with zero attached hydrogens (tertiary/aromatic N) is 1. The van der Waals surface area contributed by atoms with Gasteiger partial charge in [0.25, 0.3) is 0 Å². The Labute approximate surface area is 110 Å². The quantitative estimate of drug-likeness (QED) is 0.676. The number of sulfonamides is 1. The van der Waals surface area contributed by atoms with Crippen molar-refractivity contribution in [3.63, 3.8) is 0 Å². The van der Waals surface area contributed by atoms with Crippen LogP contribution >= 0.6 is 0 Å². The van der Waals surface area contributed by atoms with E-state index in [-0.39, 0.29) is 24.5 Å². The molecule has 0 aliphatic heterocycles. The summed E-state index contributed by atoms with van der Waals surface area (Å²) in [7, 11) is -1.83. The summed E-state index contributed by atoms with van der Waals surface area (Å²) < 4.78 is 29.1. The van der Waals surface area contributed by atoms with Gasteiger partial charge in [-0.05, 0) is 27.2 Å². The molecule has 0 atom stereocenters. The van der Waals surface area contributed by atoms with Crippen molar-refractivity contribution >= 4 is 15.9 Å². The summed E-state index contributed by atoms with van der Waals surface area (Å²) >= 11 is 0. The minimum atomic E-state index is -3.38. The molecule has 0 aliphatic rings. The van der Waals surface area contributed by atoms with Crippen molar-refractivity contribution in [2.75, 3.05) is 33.1 Å². The maximum absolute atomic E-state index is 11.7. The van der Waals surface area contributed by atoms with Crippen LogP contribution in [-0.4, -0.2) is 57.2 Å².